The standard InChI is InChI=1S/C35H31FN8O7S2/c36-29-19-23(6-8-28(29)24-18-25(45)22-37-21-24)35(47)43-15-13-42(14-16-43)33-11-10-31(39-40-33)34(46)41-53(50,51)27-7-9-30(32(20-27)44(48)49)38-12-17-52-26-4-2-1-3-5-26/h1-11,18-22,38,45H,12-17H2,(H,41,46). The number of nitrogens with zero attached hydrogens (tertiary/aromatic N) is 6. The molecule has 0 radical (unpaired) electrons. The van der Waals surface area contributed by atoms with Gasteiger partial charge in [-0.15, -0.1) is 22.0 Å². The summed E-state index contributed by atoms with van der Waals surface area (Å²) in [5, 5.41) is 32.3. The number of benzene rings is 3. The van der Waals surface area contributed by atoms with Crippen LogP contribution in [0.4, 0.5) is 21.6 Å². The molecule has 3 N–H and O–H groups in total. The number of aromatic hydroxyl groups is 1. The van der Waals surface area contributed by atoms with Gasteiger partial charge in [0, 0.05) is 72.3 Å². The Hall–Kier alpha value is -6.14. The van der Waals surface area contributed by atoms with Crippen LogP contribution in [0.3, 0.4) is 0 Å². The molecule has 1 fully saturated rings. The first-order chi connectivity index (χ1) is 25.5. The van der Waals surface area contributed by atoms with Crippen LogP contribution in [0.2, 0.25) is 0 Å². The maximum Gasteiger partial charge on any atom is 0.293 e. The summed E-state index contributed by atoms with van der Waals surface area (Å²) in [7, 11) is -4.52. The molecule has 0 atom stereocenters. The zero-order chi connectivity index (χ0) is 37.5. The monoisotopic (exact) mass is 758 g/mol. The van der Waals surface area contributed by atoms with Gasteiger partial charge in [0.25, 0.3) is 27.5 Å². The van der Waals surface area contributed by atoms with Crippen molar-refractivity contribution in [1.29, 1.82) is 0 Å². The molecule has 1 aliphatic rings. The number of pyridine rings is 1. The topological polar surface area (TPSA) is 201 Å². The van der Waals surface area contributed by atoms with Crippen LogP contribution in [-0.2, 0) is 10.0 Å². The van der Waals surface area contributed by atoms with Crippen LogP contribution in [0.5, 0.6) is 5.75 Å². The zero-order valence-electron chi connectivity index (χ0n) is 27.8. The first-order valence-electron chi connectivity index (χ1n) is 16.1. The normalized spacial score (nSPS) is 13.0. The Labute approximate surface area is 307 Å². The first kappa shape index (κ1) is 36.6. The van der Waals surface area contributed by atoms with Crippen molar-refractivity contribution in [2.75, 3.05) is 48.7 Å². The minimum Gasteiger partial charge on any atom is -0.506 e. The molecule has 2 aromatic heterocycles. The van der Waals surface area contributed by atoms with E-state index in [9.17, 15) is 37.6 Å². The Bertz CT molecular complexity index is 2260. The summed E-state index contributed by atoms with van der Waals surface area (Å²) in [4.78, 5) is 44.9. The fourth-order valence-electron chi connectivity index (χ4n) is 5.48. The number of hydrogen-bond donors (Lipinski definition) is 3. The lowest BCUT2D eigenvalue weighted by Crippen LogP contribution is -2.49. The minimum atomic E-state index is -4.52. The van der Waals surface area contributed by atoms with E-state index in [-0.39, 0.29) is 47.3 Å². The van der Waals surface area contributed by atoms with Crippen molar-refractivity contribution in [2.45, 2.75) is 9.79 Å². The van der Waals surface area contributed by atoms with Crippen LogP contribution >= 0.6 is 11.8 Å². The molecule has 0 spiro atoms. The van der Waals surface area contributed by atoms with E-state index in [1.165, 1.54) is 48.8 Å². The Morgan fingerprint density at radius 3 is 2.40 bits per heavy atom. The number of piperazine rings is 1. The molecular formula is C35H31FN8O7S2. The van der Waals surface area contributed by atoms with Crippen molar-refractivity contribution in [3.8, 4) is 16.9 Å². The summed E-state index contributed by atoms with van der Waals surface area (Å²) in [5.41, 5.74) is 0.0848. The number of aromatic nitrogens is 3. The summed E-state index contributed by atoms with van der Waals surface area (Å²) in [6, 6.07) is 21.2. The Morgan fingerprint density at radius 1 is 0.943 bits per heavy atom. The summed E-state index contributed by atoms with van der Waals surface area (Å²) >= 11 is 1.55. The maximum atomic E-state index is 14.9. The Balaban J connectivity index is 1.02. The van der Waals surface area contributed by atoms with Gasteiger partial charge in [-0.3, -0.25) is 24.7 Å². The second-order valence-electron chi connectivity index (χ2n) is 11.6. The van der Waals surface area contributed by atoms with Crippen molar-refractivity contribution in [3.05, 3.63) is 125 Å². The molecule has 0 aliphatic carbocycles. The average molecular weight is 759 g/mol. The first-order valence-corrected chi connectivity index (χ1v) is 18.5. The van der Waals surface area contributed by atoms with Crippen molar-refractivity contribution in [3.63, 3.8) is 0 Å². The third-order valence-electron chi connectivity index (χ3n) is 8.16. The van der Waals surface area contributed by atoms with Crippen LogP contribution in [0.25, 0.3) is 11.1 Å². The maximum absolute atomic E-state index is 14.9. The fraction of sp³-hybridized carbons (Fsp3) is 0.171. The Morgan fingerprint density at radius 2 is 1.72 bits per heavy atom. The number of nitro groups is 1. The molecule has 1 saturated heterocycles. The highest BCUT2D eigenvalue weighted by molar-refractivity contribution is 7.99. The van der Waals surface area contributed by atoms with Crippen LogP contribution in [0.1, 0.15) is 20.8 Å². The molecule has 6 rings (SSSR count). The van der Waals surface area contributed by atoms with Crippen LogP contribution < -0.4 is 14.9 Å². The van der Waals surface area contributed by atoms with Gasteiger partial charge >= 0.3 is 0 Å². The van der Waals surface area contributed by atoms with Gasteiger partial charge < -0.3 is 20.2 Å². The molecule has 0 unspecified atom stereocenters. The van der Waals surface area contributed by atoms with Crippen molar-refractivity contribution >= 4 is 50.8 Å². The van der Waals surface area contributed by atoms with Gasteiger partial charge in [-0.1, -0.05) is 24.3 Å². The van der Waals surface area contributed by atoms with Gasteiger partial charge in [0.05, 0.1) is 16.0 Å². The van der Waals surface area contributed by atoms with Crippen molar-refractivity contribution in [1.82, 2.24) is 24.8 Å². The number of amides is 2. The predicted octanol–water partition coefficient (Wildman–Crippen LogP) is 4.58. The molecule has 53 heavy (non-hydrogen) atoms. The van der Waals surface area contributed by atoms with Gasteiger partial charge in [-0.25, -0.2) is 17.5 Å². The van der Waals surface area contributed by atoms with Gasteiger partial charge in [-0.2, -0.15) is 0 Å². The lowest BCUT2D eigenvalue weighted by atomic mass is 10.0. The van der Waals surface area contributed by atoms with E-state index in [4.69, 9.17) is 0 Å². The molecule has 272 valence electrons. The molecule has 5 aromatic rings. The average Bonchev–Trinajstić information content (AvgIpc) is 3.16. The van der Waals surface area contributed by atoms with Crippen LogP contribution in [0, 0.1) is 15.9 Å². The van der Waals surface area contributed by atoms with E-state index >= 15 is 0 Å². The second-order valence-corrected chi connectivity index (χ2v) is 14.5. The SMILES string of the molecule is O=C(NS(=O)(=O)c1ccc(NCCSc2ccccc2)c([N+](=O)[O-])c1)c1ccc(N2CCN(C(=O)c3ccc(-c4cncc(O)c4)c(F)c3)CC2)nn1. The van der Waals surface area contributed by atoms with E-state index in [1.54, 1.807) is 16.7 Å². The number of halogens is 1. The smallest absolute Gasteiger partial charge is 0.293 e. The van der Waals surface area contributed by atoms with E-state index < -0.39 is 37.3 Å². The number of rotatable bonds is 12. The van der Waals surface area contributed by atoms with Gasteiger partial charge in [0.1, 0.15) is 17.3 Å². The third kappa shape index (κ3) is 8.85. The molecule has 0 bridgehead atoms. The number of sulfonamides is 1. The molecule has 0 saturated carbocycles. The molecule has 3 aromatic carbocycles. The van der Waals surface area contributed by atoms with Crippen molar-refractivity contribution < 1.29 is 32.4 Å². The lowest BCUT2D eigenvalue weighted by molar-refractivity contribution is -0.384. The van der Waals surface area contributed by atoms with E-state index in [1.807, 2.05) is 40.0 Å². The summed E-state index contributed by atoms with van der Waals surface area (Å²) in [6.45, 7) is 1.65. The number of hydrogen-bond acceptors (Lipinski definition) is 13. The summed E-state index contributed by atoms with van der Waals surface area (Å²) in [6.07, 6.45) is 2.64. The number of thioether (sulfide) groups is 1. The van der Waals surface area contributed by atoms with Gasteiger partial charge in [0.15, 0.2) is 11.5 Å². The van der Waals surface area contributed by atoms with E-state index in [2.05, 4.69) is 20.5 Å². The molecule has 2 amide bonds. The molecule has 15 nitrogen and oxygen atoms in total. The minimum absolute atomic E-state index is 0.110. The molecular weight excluding hydrogens is 728 g/mol. The fourth-order valence-corrected chi connectivity index (χ4v) is 7.25. The highest BCUT2D eigenvalue weighted by atomic mass is 32.2. The predicted molar refractivity (Wildman–Crippen MR) is 195 cm³/mol. The highest BCUT2D eigenvalue weighted by Gasteiger charge is 2.26. The quantitative estimate of drug-likeness (QED) is 0.0692. The van der Waals surface area contributed by atoms with Crippen molar-refractivity contribution in [2.24, 2.45) is 0 Å². The second kappa shape index (κ2) is 16.0. The number of carbonyl (C=O) groups is 2. The number of carbonyl (C=O) groups excluding carboxylic acids is 2. The largest absolute Gasteiger partial charge is 0.506 e. The molecule has 3 heterocycles. The number of anilines is 2. The third-order valence-corrected chi connectivity index (χ3v) is 10.5. The van der Waals surface area contributed by atoms with Crippen LogP contribution in [-0.4, -0.2) is 88.8 Å². The van der Waals surface area contributed by atoms with E-state index in [0.29, 0.717) is 36.8 Å². The summed E-state index contributed by atoms with van der Waals surface area (Å²) in [5.74, 6) is -1.20. The summed E-state index contributed by atoms with van der Waals surface area (Å²) < 4.78 is 42.9. The highest BCUT2D eigenvalue weighted by Crippen LogP contribution is 2.29. The van der Waals surface area contributed by atoms with Crippen LogP contribution in [0.15, 0.2) is 107 Å². The lowest BCUT2D eigenvalue weighted by Gasteiger charge is -2.35. The number of nitro benzene ring substituents is 1. The zero-order valence-corrected chi connectivity index (χ0v) is 29.4. The van der Waals surface area contributed by atoms with Gasteiger partial charge in [-0.05, 0) is 54.6 Å². The van der Waals surface area contributed by atoms with Gasteiger partial charge in [0.2, 0.25) is 0 Å². The Kier molecular flexibility index (Phi) is 11.1. The number of nitrogens with one attached hydrogen (secondary N) is 2. The molecule has 1 aliphatic heterocycles. The van der Waals surface area contributed by atoms with E-state index in [0.717, 1.165) is 23.1 Å². The molecule has 18 heteroatoms.